The Balaban J connectivity index is 2.05. The van der Waals surface area contributed by atoms with Crippen LogP contribution in [0.1, 0.15) is 12.7 Å². The molecule has 1 N–H and O–H groups in total. The van der Waals surface area contributed by atoms with Gasteiger partial charge in [-0.1, -0.05) is 0 Å². The molecule has 0 aliphatic rings. The minimum atomic E-state index is -3.14. The van der Waals surface area contributed by atoms with Crippen LogP contribution < -0.4 is 5.32 Å². The molecule has 0 aliphatic heterocycles. The van der Waals surface area contributed by atoms with Crippen molar-refractivity contribution in [3.05, 3.63) is 36.4 Å². The Labute approximate surface area is 112 Å². The van der Waals surface area contributed by atoms with Crippen LogP contribution >= 0.6 is 0 Å². The van der Waals surface area contributed by atoms with Gasteiger partial charge in [-0.25, -0.2) is 18.1 Å². The summed E-state index contributed by atoms with van der Waals surface area (Å²) in [5, 5.41) is 7.26. The summed E-state index contributed by atoms with van der Waals surface area (Å²) in [7, 11) is -3.14. The first-order chi connectivity index (χ1) is 9.00. The summed E-state index contributed by atoms with van der Waals surface area (Å²) in [5.41, 5.74) is 0.845. The van der Waals surface area contributed by atoms with Crippen molar-refractivity contribution < 1.29 is 8.42 Å². The number of nitrogens with zero attached hydrogens (tertiary/aromatic N) is 3. The van der Waals surface area contributed by atoms with Gasteiger partial charge in [0.05, 0.1) is 11.4 Å². The molecule has 0 amide bonds. The number of sulfone groups is 1. The van der Waals surface area contributed by atoms with Crippen molar-refractivity contribution in [3.63, 3.8) is 0 Å². The lowest BCUT2D eigenvalue weighted by Gasteiger charge is -2.07. The number of anilines is 1. The molecule has 19 heavy (non-hydrogen) atoms. The summed E-state index contributed by atoms with van der Waals surface area (Å²) >= 11 is 0. The summed E-state index contributed by atoms with van der Waals surface area (Å²) in [6.07, 6.45) is 2.71. The van der Waals surface area contributed by atoms with E-state index in [1.165, 1.54) is 12.6 Å². The number of aromatic nitrogens is 3. The molecule has 1 heterocycles. The molecule has 0 atom stereocenters. The Hall–Kier alpha value is -1.89. The van der Waals surface area contributed by atoms with E-state index in [-0.39, 0.29) is 0 Å². The highest BCUT2D eigenvalue weighted by Crippen LogP contribution is 2.14. The minimum Gasteiger partial charge on any atom is -0.378 e. The van der Waals surface area contributed by atoms with E-state index in [4.69, 9.17) is 0 Å². The lowest BCUT2D eigenvalue weighted by atomic mass is 10.3. The molecule has 0 unspecified atom stereocenters. The van der Waals surface area contributed by atoms with E-state index >= 15 is 0 Å². The molecule has 1 aromatic heterocycles. The maximum atomic E-state index is 11.3. The number of nitrogens with one attached hydrogen (secondary N) is 1. The summed E-state index contributed by atoms with van der Waals surface area (Å²) in [5.74, 6) is 0.842. The van der Waals surface area contributed by atoms with Crippen LogP contribution in [0.3, 0.4) is 0 Å². The molecule has 102 valence electrons. The summed E-state index contributed by atoms with van der Waals surface area (Å²) < 4.78 is 24.5. The van der Waals surface area contributed by atoms with Crippen LogP contribution in [0.2, 0.25) is 0 Å². The molecule has 0 aliphatic carbocycles. The first kappa shape index (κ1) is 13.5. The third-order valence-corrected chi connectivity index (χ3v) is 3.86. The van der Waals surface area contributed by atoms with Crippen LogP contribution in [0.15, 0.2) is 35.5 Å². The molecule has 0 saturated carbocycles. The van der Waals surface area contributed by atoms with Gasteiger partial charge in [0.2, 0.25) is 0 Å². The normalized spacial score (nSPS) is 11.5. The highest BCUT2D eigenvalue weighted by molar-refractivity contribution is 7.90. The number of aryl methyl sites for hydroxylation is 1. The van der Waals surface area contributed by atoms with Crippen molar-refractivity contribution in [2.45, 2.75) is 24.9 Å². The molecule has 0 spiro atoms. The molecule has 0 fully saturated rings. The van der Waals surface area contributed by atoms with E-state index in [1.54, 1.807) is 28.9 Å². The van der Waals surface area contributed by atoms with Gasteiger partial charge in [-0.15, -0.1) is 0 Å². The fourth-order valence-electron chi connectivity index (χ4n) is 1.69. The Morgan fingerprint density at radius 2 is 1.95 bits per heavy atom. The van der Waals surface area contributed by atoms with Gasteiger partial charge >= 0.3 is 0 Å². The minimum absolute atomic E-state index is 0.315. The number of hydrogen-bond donors (Lipinski definition) is 1. The Bertz CT molecular complexity index is 647. The molecular weight excluding hydrogens is 264 g/mol. The molecular formula is C12H16N4O2S. The van der Waals surface area contributed by atoms with Gasteiger partial charge in [-0.05, 0) is 31.2 Å². The van der Waals surface area contributed by atoms with Crippen LogP contribution in [-0.2, 0) is 22.9 Å². The fourth-order valence-corrected chi connectivity index (χ4v) is 2.32. The SMILES string of the molecule is CCn1ncnc1CNc1ccc(S(C)(=O)=O)cc1. The fraction of sp³-hybridized carbons (Fsp3) is 0.333. The monoisotopic (exact) mass is 280 g/mol. The van der Waals surface area contributed by atoms with E-state index in [0.717, 1.165) is 18.1 Å². The van der Waals surface area contributed by atoms with E-state index in [2.05, 4.69) is 15.4 Å². The molecule has 6 nitrogen and oxygen atoms in total. The molecule has 0 radical (unpaired) electrons. The smallest absolute Gasteiger partial charge is 0.175 e. The second-order valence-electron chi connectivity index (χ2n) is 4.14. The largest absolute Gasteiger partial charge is 0.378 e. The second-order valence-corrected chi connectivity index (χ2v) is 6.16. The summed E-state index contributed by atoms with van der Waals surface area (Å²) in [4.78, 5) is 4.47. The van der Waals surface area contributed by atoms with Crippen molar-refractivity contribution in [2.24, 2.45) is 0 Å². The number of benzene rings is 1. The number of rotatable bonds is 5. The Morgan fingerprint density at radius 3 is 2.53 bits per heavy atom. The Morgan fingerprint density at radius 1 is 1.26 bits per heavy atom. The van der Waals surface area contributed by atoms with Gasteiger partial charge in [0, 0.05) is 18.5 Å². The third kappa shape index (κ3) is 3.31. The maximum Gasteiger partial charge on any atom is 0.175 e. The molecule has 2 aromatic rings. The van der Waals surface area contributed by atoms with Gasteiger partial charge in [-0.2, -0.15) is 5.10 Å². The molecule has 1 aromatic carbocycles. The van der Waals surface area contributed by atoms with Crippen LogP contribution in [0.5, 0.6) is 0 Å². The average molecular weight is 280 g/mol. The lowest BCUT2D eigenvalue weighted by Crippen LogP contribution is -2.09. The number of hydrogen-bond acceptors (Lipinski definition) is 5. The maximum absolute atomic E-state index is 11.3. The quantitative estimate of drug-likeness (QED) is 0.893. The van der Waals surface area contributed by atoms with Gasteiger partial charge < -0.3 is 5.32 Å². The van der Waals surface area contributed by atoms with E-state index in [9.17, 15) is 8.42 Å². The molecule has 7 heteroatoms. The van der Waals surface area contributed by atoms with Crippen molar-refractivity contribution >= 4 is 15.5 Å². The van der Waals surface area contributed by atoms with Crippen LogP contribution in [-0.4, -0.2) is 29.4 Å². The van der Waals surface area contributed by atoms with Crippen molar-refractivity contribution in [1.29, 1.82) is 0 Å². The zero-order valence-corrected chi connectivity index (χ0v) is 11.7. The lowest BCUT2D eigenvalue weighted by molar-refractivity contribution is 0.602. The van der Waals surface area contributed by atoms with Gasteiger partial charge in [0.15, 0.2) is 9.84 Å². The van der Waals surface area contributed by atoms with Gasteiger partial charge in [-0.3, -0.25) is 0 Å². The standard InChI is InChI=1S/C12H16N4O2S/c1-3-16-12(14-9-15-16)8-13-10-4-6-11(7-5-10)19(2,17)18/h4-7,9,13H,3,8H2,1-2H3. The summed E-state index contributed by atoms with van der Waals surface area (Å²) in [6, 6.07) is 6.65. The van der Waals surface area contributed by atoms with Crippen molar-refractivity contribution in [3.8, 4) is 0 Å². The van der Waals surface area contributed by atoms with Crippen LogP contribution in [0.25, 0.3) is 0 Å². The topological polar surface area (TPSA) is 76.9 Å². The van der Waals surface area contributed by atoms with E-state index in [0.29, 0.717) is 11.4 Å². The summed E-state index contributed by atoms with van der Waals surface area (Å²) in [6.45, 7) is 3.31. The zero-order chi connectivity index (χ0) is 13.9. The predicted octanol–water partition coefficient (Wildman–Crippen LogP) is 1.31. The first-order valence-corrected chi connectivity index (χ1v) is 7.80. The Kier molecular flexibility index (Phi) is 3.84. The third-order valence-electron chi connectivity index (χ3n) is 2.73. The first-order valence-electron chi connectivity index (χ1n) is 5.91. The van der Waals surface area contributed by atoms with Gasteiger partial charge in [0.25, 0.3) is 0 Å². The van der Waals surface area contributed by atoms with Crippen molar-refractivity contribution in [1.82, 2.24) is 14.8 Å². The van der Waals surface area contributed by atoms with E-state index in [1.807, 2.05) is 6.92 Å². The van der Waals surface area contributed by atoms with E-state index < -0.39 is 9.84 Å². The second kappa shape index (κ2) is 5.40. The van der Waals surface area contributed by atoms with Crippen LogP contribution in [0.4, 0.5) is 5.69 Å². The highest BCUT2D eigenvalue weighted by atomic mass is 32.2. The molecule has 0 bridgehead atoms. The molecule has 0 saturated heterocycles. The molecule has 2 rings (SSSR count). The van der Waals surface area contributed by atoms with Gasteiger partial charge in [0.1, 0.15) is 12.2 Å². The highest BCUT2D eigenvalue weighted by Gasteiger charge is 2.06. The zero-order valence-electron chi connectivity index (χ0n) is 10.9. The predicted molar refractivity (Wildman–Crippen MR) is 72.6 cm³/mol. The van der Waals surface area contributed by atoms with Crippen molar-refractivity contribution in [2.75, 3.05) is 11.6 Å². The van der Waals surface area contributed by atoms with Crippen LogP contribution in [0, 0.1) is 0 Å². The average Bonchev–Trinajstić information content (AvgIpc) is 2.83.